The molecule has 3 nitrogen and oxygen atoms in total. The minimum absolute atomic E-state index is 0.182. The lowest BCUT2D eigenvalue weighted by molar-refractivity contribution is 0.137. The second-order valence-corrected chi connectivity index (χ2v) is 3.93. The van der Waals surface area contributed by atoms with Gasteiger partial charge in [-0.25, -0.2) is 0 Å². The number of aromatic hydroxyl groups is 1. The van der Waals surface area contributed by atoms with E-state index < -0.39 is 0 Å². The molecule has 0 aromatic heterocycles. The Balaban J connectivity index is 2.10. The van der Waals surface area contributed by atoms with E-state index in [-0.39, 0.29) is 11.9 Å². The third-order valence-electron chi connectivity index (χ3n) is 1.96. The van der Waals surface area contributed by atoms with Gasteiger partial charge in [0.05, 0.1) is 0 Å². The summed E-state index contributed by atoms with van der Waals surface area (Å²) in [6, 6.07) is 5.24. The van der Waals surface area contributed by atoms with Gasteiger partial charge in [-0.3, -0.25) is 0 Å². The van der Waals surface area contributed by atoms with Crippen molar-refractivity contribution in [3.05, 3.63) is 22.7 Å². The first-order valence-electron chi connectivity index (χ1n) is 4.11. The first-order chi connectivity index (χ1) is 6.25. The molecule has 1 aromatic carbocycles. The van der Waals surface area contributed by atoms with Gasteiger partial charge in [-0.1, -0.05) is 15.9 Å². The Kier molecular flexibility index (Phi) is 2.42. The highest BCUT2D eigenvalue weighted by molar-refractivity contribution is 9.10. The van der Waals surface area contributed by atoms with Crippen LogP contribution in [0.4, 0.5) is 0 Å². The molecule has 1 aliphatic rings. The number of ether oxygens (including phenoxy) is 1. The maximum atomic E-state index is 9.48. The SMILES string of the molecule is Oc1cc(Br)ccc1OC1CNC1. The molecule has 13 heavy (non-hydrogen) atoms. The number of phenols is 1. The number of benzene rings is 1. The third kappa shape index (κ3) is 1.95. The summed E-state index contributed by atoms with van der Waals surface area (Å²) in [4.78, 5) is 0. The summed E-state index contributed by atoms with van der Waals surface area (Å²) in [6.07, 6.45) is 0.201. The number of rotatable bonds is 2. The van der Waals surface area contributed by atoms with Crippen molar-refractivity contribution in [2.24, 2.45) is 0 Å². The lowest BCUT2D eigenvalue weighted by Crippen LogP contribution is -2.50. The van der Waals surface area contributed by atoms with Crippen LogP contribution in [0.1, 0.15) is 0 Å². The van der Waals surface area contributed by atoms with E-state index in [0.29, 0.717) is 5.75 Å². The molecule has 0 saturated carbocycles. The van der Waals surface area contributed by atoms with Gasteiger partial charge in [0.2, 0.25) is 0 Å². The molecule has 0 bridgehead atoms. The summed E-state index contributed by atoms with van der Waals surface area (Å²) in [5.74, 6) is 0.732. The van der Waals surface area contributed by atoms with Crippen LogP contribution < -0.4 is 10.1 Å². The maximum Gasteiger partial charge on any atom is 0.161 e. The van der Waals surface area contributed by atoms with Gasteiger partial charge in [0, 0.05) is 17.6 Å². The van der Waals surface area contributed by atoms with Crippen LogP contribution in [0.2, 0.25) is 0 Å². The summed E-state index contributed by atoms with van der Waals surface area (Å²) in [6.45, 7) is 1.71. The zero-order chi connectivity index (χ0) is 9.26. The third-order valence-corrected chi connectivity index (χ3v) is 2.45. The Morgan fingerprint density at radius 1 is 1.46 bits per heavy atom. The van der Waals surface area contributed by atoms with Crippen LogP contribution in [0.25, 0.3) is 0 Å². The van der Waals surface area contributed by atoms with Gasteiger partial charge in [-0.15, -0.1) is 0 Å². The molecule has 70 valence electrons. The Morgan fingerprint density at radius 3 is 2.77 bits per heavy atom. The van der Waals surface area contributed by atoms with Crippen LogP contribution in [0, 0.1) is 0 Å². The predicted octanol–water partition coefficient (Wildman–Crippen LogP) is 1.51. The lowest BCUT2D eigenvalue weighted by atomic mass is 10.2. The summed E-state index contributed by atoms with van der Waals surface area (Å²) < 4.78 is 6.35. The molecule has 4 heteroatoms. The molecule has 0 spiro atoms. The molecule has 1 fully saturated rings. The molecule has 2 N–H and O–H groups in total. The van der Waals surface area contributed by atoms with Crippen molar-refractivity contribution in [1.82, 2.24) is 5.32 Å². The van der Waals surface area contributed by atoms with E-state index in [2.05, 4.69) is 21.2 Å². The Hall–Kier alpha value is -0.740. The Labute approximate surface area is 84.8 Å². The monoisotopic (exact) mass is 243 g/mol. The maximum absolute atomic E-state index is 9.48. The van der Waals surface area contributed by atoms with E-state index in [0.717, 1.165) is 17.6 Å². The van der Waals surface area contributed by atoms with Crippen LogP contribution in [0.5, 0.6) is 11.5 Å². The van der Waals surface area contributed by atoms with Crippen molar-refractivity contribution in [1.29, 1.82) is 0 Å². The molecule has 1 saturated heterocycles. The fourth-order valence-electron chi connectivity index (χ4n) is 1.12. The predicted molar refractivity (Wildman–Crippen MR) is 53.1 cm³/mol. The standard InChI is InChI=1S/C9H10BrNO2/c10-6-1-2-9(8(12)3-6)13-7-4-11-5-7/h1-3,7,11-12H,4-5H2. The van der Waals surface area contributed by atoms with Crippen molar-refractivity contribution in [3.8, 4) is 11.5 Å². The fourth-order valence-corrected chi connectivity index (χ4v) is 1.46. The van der Waals surface area contributed by atoms with Gasteiger partial charge in [-0.2, -0.15) is 0 Å². The highest BCUT2D eigenvalue weighted by Crippen LogP contribution is 2.30. The molecule has 0 unspecified atom stereocenters. The zero-order valence-corrected chi connectivity index (χ0v) is 8.54. The molecular weight excluding hydrogens is 234 g/mol. The highest BCUT2D eigenvalue weighted by Gasteiger charge is 2.19. The van der Waals surface area contributed by atoms with Gasteiger partial charge in [0.25, 0.3) is 0 Å². The normalized spacial score (nSPS) is 16.7. The van der Waals surface area contributed by atoms with Crippen molar-refractivity contribution in [2.45, 2.75) is 6.10 Å². The van der Waals surface area contributed by atoms with Gasteiger partial charge in [0.1, 0.15) is 6.10 Å². The summed E-state index contributed by atoms with van der Waals surface area (Å²) in [7, 11) is 0. The molecule has 0 amide bonds. The van der Waals surface area contributed by atoms with Crippen molar-refractivity contribution in [3.63, 3.8) is 0 Å². The van der Waals surface area contributed by atoms with Crippen molar-refractivity contribution in [2.75, 3.05) is 13.1 Å². The lowest BCUT2D eigenvalue weighted by Gasteiger charge is -2.28. The molecular formula is C9H10BrNO2. The highest BCUT2D eigenvalue weighted by atomic mass is 79.9. The van der Waals surface area contributed by atoms with E-state index in [1.807, 2.05) is 6.07 Å². The topological polar surface area (TPSA) is 41.5 Å². The average molecular weight is 244 g/mol. The van der Waals surface area contributed by atoms with Crippen LogP contribution >= 0.6 is 15.9 Å². The summed E-state index contributed by atoms with van der Waals surface area (Å²) in [5.41, 5.74) is 0. The minimum Gasteiger partial charge on any atom is -0.504 e. The van der Waals surface area contributed by atoms with Crippen LogP contribution in [0.3, 0.4) is 0 Å². The summed E-state index contributed by atoms with van der Waals surface area (Å²) in [5, 5.41) is 12.6. The fraction of sp³-hybridized carbons (Fsp3) is 0.333. The molecule has 0 aliphatic carbocycles. The molecule has 0 atom stereocenters. The van der Waals surface area contributed by atoms with Crippen LogP contribution in [-0.4, -0.2) is 24.3 Å². The summed E-state index contributed by atoms with van der Waals surface area (Å²) >= 11 is 3.27. The van der Waals surface area contributed by atoms with Crippen molar-refractivity contribution < 1.29 is 9.84 Å². The zero-order valence-electron chi connectivity index (χ0n) is 6.96. The first-order valence-corrected chi connectivity index (χ1v) is 4.91. The quantitative estimate of drug-likeness (QED) is 0.828. The van der Waals surface area contributed by atoms with Gasteiger partial charge in [0.15, 0.2) is 11.5 Å². The number of hydrogen-bond donors (Lipinski definition) is 2. The largest absolute Gasteiger partial charge is 0.504 e. The van der Waals surface area contributed by atoms with Crippen LogP contribution in [0.15, 0.2) is 22.7 Å². The molecule has 0 radical (unpaired) electrons. The van der Waals surface area contributed by atoms with Gasteiger partial charge < -0.3 is 15.2 Å². The van der Waals surface area contributed by atoms with E-state index >= 15 is 0 Å². The second-order valence-electron chi connectivity index (χ2n) is 3.01. The van der Waals surface area contributed by atoms with E-state index in [1.54, 1.807) is 12.1 Å². The van der Waals surface area contributed by atoms with Crippen molar-refractivity contribution >= 4 is 15.9 Å². The number of nitrogens with one attached hydrogen (secondary N) is 1. The van der Waals surface area contributed by atoms with Gasteiger partial charge >= 0.3 is 0 Å². The molecule has 1 heterocycles. The van der Waals surface area contributed by atoms with E-state index in [1.165, 1.54) is 0 Å². The molecule has 1 aromatic rings. The number of halogens is 1. The molecule has 2 rings (SSSR count). The van der Waals surface area contributed by atoms with Crippen LogP contribution in [-0.2, 0) is 0 Å². The smallest absolute Gasteiger partial charge is 0.161 e. The first kappa shape index (κ1) is 8.84. The average Bonchev–Trinajstić information content (AvgIpc) is 1.99. The van der Waals surface area contributed by atoms with Gasteiger partial charge in [-0.05, 0) is 18.2 Å². The second kappa shape index (κ2) is 3.55. The number of phenolic OH excluding ortho intramolecular Hbond substituents is 1. The molecule has 1 aliphatic heterocycles. The number of hydrogen-bond acceptors (Lipinski definition) is 3. The minimum atomic E-state index is 0.182. The Bertz CT molecular complexity index is 312. The van der Waals surface area contributed by atoms with E-state index in [4.69, 9.17) is 4.74 Å². The Morgan fingerprint density at radius 2 is 2.23 bits per heavy atom. The van der Waals surface area contributed by atoms with E-state index in [9.17, 15) is 5.11 Å².